The summed E-state index contributed by atoms with van der Waals surface area (Å²) in [6, 6.07) is 17.0. The fourth-order valence-electron chi connectivity index (χ4n) is 5.41. The number of hydrogen-bond acceptors (Lipinski definition) is 8. The quantitative estimate of drug-likeness (QED) is 0.209. The summed E-state index contributed by atoms with van der Waals surface area (Å²) >= 11 is 0. The number of fused-ring (bicyclic) bond motifs is 1. The number of likely N-dealkylation sites (tertiary alicyclic amines) is 1. The van der Waals surface area contributed by atoms with Crippen LogP contribution >= 0.6 is 0 Å². The molecule has 2 aromatic heterocycles. The van der Waals surface area contributed by atoms with Gasteiger partial charge in [0.15, 0.2) is 0 Å². The van der Waals surface area contributed by atoms with Crippen LogP contribution in [0.1, 0.15) is 50.0 Å². The number of carbonyl (C=O) groups is 2. The molecule has 0 aliphatic carbocycles. The average Bonchev–Trinajstić information content (AvgIpc) is 3.78. The molecule has 1 atom stereocenters. The summed E-state index contributed by atoms with van der Waals surface area (Å²) < 4.78 is 5.34. The molecule has 0 bridgehead atoms. The van der Waals surface area contributed by atoms with E-state index in [4.69, 9.17) is 4.74 Å². The van der Waals surface area contributed by atoms with Crippen LogP contribution in [0.15, 0.2) is 73.1 Å². The monoisotopic (exact) mass is 636 g/mol. The number of ether oxygens (including phenoxy) is 1. The Morgan fingerprint density at radius 2 is 1.81 bits per heavy atom. The Kier molecular flexibility index (Phi) is 13.0. The van der Waals surface area contributed by atoms with E-state index in [0.717, 1.165) is 49.2 Å². The number of nitrogens with one attached hydrogen (secondary N) is 3. The number of rotatable bonds is 8. The van der Waals surface area contributed by atoms with Gasteiger partial charge in [-0.2, -0.15) is 5.26 Å². The normalized spacial score (nSPS) is 16.1. The summed E-state index contributed by atoms with van der Waals surface area (Å²) in [4.78, 5) is 41.8. The molecule has 2 aliphatic rings. The molecule has 246 valence electrons. The lowest BCUT2D eigenvalue weighted by molar-refractivity contribution is -0.111. The first-order valence-corrected chi connectivity index (χ1v) is 16.3. The maximum absolute atomic E-state index is 13.2. The third kappa shape index (κ3) is 9.03. The van der Waals surface area contributed by atoms with Crippen LogP contribution in [0.25, 0.3) is 22.2 Å². The van der Waals surface area contributed by atoms with Crippen LogP contribution in [-0.2, 0) is 9.53 Å². The predicted octanol–water partition coefficient (Wildman–Crippen LogP) is 5.70. The van der Waals surface area contributed by atoms with Crippen LogP contribution in [-0.4, -0.2) is 88.5 Å². The minimum absolute atomic E-state index is 0.0319. The Labute approximate surface area is 276 Å². The summed E-state index contributed by atoms with van der Waals surface area (Å²) in [5.74, 6) is 0.129. The average molecular weight is 637 g/mol. The molecule has 2 fully saturated rings. The molecular weight excluding hydrogens is 592 g/mol. The molecule has 0 radical (unpaired) electrons. The van der Waals surface area contributed by atoms with Gasteiger partial charge in [0.2, 0.25) is 11.9 Å². The van der Waals surface area contributed by atoms with Gasteiger partial charge < -0.3 is 25.3 Å². The van der Waals surface area contributed by atoms with Crippen molar-refractivity contribution < 1.29 is 14.3 Å². The first kappa shape index (κ1) is 34.8. The van der Waals surface area contributed by atoms with Gasteiger partial charge in [-0.05, 0) is 36.8 Å². The fraction of sp³-hybridized carbons (Fsp3) is 0.361. The van der Waals surface area contributed by atoms with Crippen LogP contribution < -0.4 is 10.6 Å². The highest BCUT2D eigenvalue weighted by molar-refractivity contribution is 6.00. The lowest BCUT2D eigenvalue weighted by atomic mass is 10.1. The molecule has 0 spiro atoms. The zero-order valence-electron chi connectivity index (χ0n) is 27.6. The highest BCUT2D eigenvalue weighted by atomic mass is 16.5. The van der Waals surface area contributed by atoms with E-state index in [9.17, 15) is 14.9 Å². The number of H-pyrrole nitrogens is 1. The number of anilines is 2. The topological polar surface area (TPSA) is 139 Å². The lowest BCUT2D eigenvalue weighted by Gasteiger charge is -2.25. The van der Waals surface area contributed by atoms with Crippen LogP contribution in [0, 0.1) is 11.3 Å². The van der Waals surface area contributed by atoms with E-state index in [-0.39, 0.29) is 17.9 Å². The molecule has 11 nitrogen and oxygen atoms in total. The summed E-state index contributed by atoms with van der Waals surface area (Å²) in [6.45, 7) is 13.0. The molecule has 3 N–H and O–H groups in total. The standard InChI is InChI=1S/C32H32N8O3.2C2H6/c33-18-23-19-35-32(38-30(23)27-20-34-28-5-2-1-4-26(27)28)37-25-11-13-40(21-25)31(42)22-7-9-24(10-8-22)36-29(41)6-3-12-39-14-16-43-17-15-39;2*1-2/h1-10,19-20,25,34H,11-17,21H2,(H,36,41)(H,35,37,38);2*1-2H3/b6-3+;;. The van der Waals surface area contributed by atoms with E-state index < -0.39 is 0 Å². The summed E-state index contributed by atoms with van der Waals surface area (Å²) in [6.07, 6.45) is 7.51. The Bertz CT molecular complexity index is 1690. The number of hydrogen-bond donors (Lipinski definition) is 3. The van der Waals surface area contributed by atoms with Gasteiger partial charge in [-0.15, -0.1) is 0 Å². The largest absolute Gasteiger partial charge is 0.379 e. The zero-order valence-corrected chi connectivity index (χ0v) is 27.6. The Balaban J connectivity index is 0.00000120. The van der Waals surface area contributed by atoms with Crippen molar-refractivity contribution in [3.8, 4) is 17.3 Å². The van der Waals surface area contributed by atoms with Gasteiger partial charge in [-0.1, -0.05) is 52.0 Å². The number of nitrogens with zero attached hydrogens (tertiary/aromatic N) is 5. The molecule has 1 unspecified atom stereocenters. The van der Waals surface area contributed by atoms with Gasteiger partial charge in [-0.3, -0.25) is 14.5 Å². The van der Waals surface area contributed by atoms with E-state index in [1.165, 1.54) is 12.3 Å². The molecular formula is C36H44N8O3. The number of nitriles is 1. The number of aromatic amines is 1. The minimum atomic E-state index is -0.210. The second kappa shape index (κ2) is 17.6. The highest BCUT2D eigenvalue weighted by Crippen LogP contribution is 2.30. The fourth-order valence-corrected chi connectivity index (χ4v) is 5.41. The lowest BCUT2D eigenvalue weighted by Crippen LogP contribution is -2.36. The zero-order chi connectivity index (χ0) is 33.6. The van der Waals surface area contributed by atoms with Gasteiger partial charge >= 0.3 is 0 Å². The molecule has 4 heterocycles. The van der Waals surface area contributed by atoms with E-state index in [1.807, 2.05) is 64.2 Å². The molecule has 11 heteroatoms. The van der Waals surface area contributed by atoms with Crippen molar-refractivity contribution in [2.24, 2.45) is 0 Å². The number of amides is 2. The number of aromatic nitrogens is 3. The summed E-state index contributed by atoms with van der Waals surface area (Å²) in [7, 11) is 0. The molecule has 4 aromatic rings. The smallest absolute Gasteiger partial charge is 0.253 e. The minimum Gasteiger partial charge on any atom is -0.379 e. The van der Waals surface area contributed by atoms with Crippen LogP contribution in [0.4, 0.5) is 11.6 Å². The van der Waals surface area contributed by atoms with Crippen molar-refractivity contribution in [1.29, 1.82) is 5.26 Å². The molecule has 2 saturated heterocycles. The highest BCUT2D eigenvalue weighted by Gasteiger charge is 2.28. The second-order valence-electron chi connectivity index (χ2n) is 10.6. The summed E-state index contributed by atoms with van der Waals surface area (Å²) in [5.41, 5.74) is 3.93. The van der Waals surface area contributed by atoms with Crippen LogP contribution in [0.3, 0.4) is 0 Å². The van der Waals surface area contributed by atoms with Crippen molar-refractivity contribution in [2.45, 2.75) is 40.2 Å². The summed E-state index contributed by atoms with van der Waals surface area (Å²) in [5, 5.41) is 16.8. The molecule has 0 saturated carbocycles. The molecule has 2 aromatic carbocycles. The molecule has 2 aliphatic heterocycles. The number of carbonyl (C=O) groups excluding carboxylic acids is 2. The van der Waals surface area contributed by atoms with E-state index >= 15 is 0 Å². The Morgan fingerprint density at radius 3 is 2.55 bits per heavy atom. The molecule has 2 amide bonds. The third-order valence-corrected chi connectivity index (χ3v) is 7.70. The predicted molar refractivity (Wildman–Crippen MR) is 186 cm³/mol. The van der Waals surface area contributed by atoms with E-state index in [0.29, 0.717) is 48.1 Å². The van der Waals surface area contributed by atoms with E-state index in [2.05, 4.69) is 36.6 Å². The number of morpholine rings is 1. The first-order valence-electron chi connectivity index (χ1n) is 16.3. The maximum Gasteiger partial charge on any atom is 0.253 e. The number of para-hydroxylation sites is 1. The van der Waals surface area contributed by atoms with Gasteiger partial charge in [0.1, 0.15) is 6.07 Å². The maximum atomic E-state index is 13.2. The van der Waals surface area contributed by atoms with Crippen molar-refractivity contribution in [3.05, 3.63) is 84.2 Å². The third-order valence-electron chi connectivity index (χ3n) is 7.70. The van der Waals surface area contributed by atoms with Crippen LogP contribution in [0.2, 0.25) is 0 Å². The van der Waals surface area contributed by atoms with Crippen molar-refractivity contribution in [3.63, 3.8) is 0 Å². The van der Waals surface area contributed by atoms with Gasteiger partial charge in [0, 0.05) is 78.8 Å². The molecule has 47 heavy (non-hydrogen) atoms. The van der Waals surface area contributed by atoms with Crippen molar-refractivity contribution in [2.75, 3.05) is 56.6 Å². The SMILES string of the molecule is CC.CC.N#Cc1cnc(NC2CCN(C(=O)c3ccc(NC(=O)/C=C/CN4CCOCC4)cc3)C2)nc1-c1c[nH]c2ccccc12. The Hall–Kier alpha value is -5.05. The van der Waals surface area contributed by atoms with Gasteiger partial charge in [-0.25, -0.2) is 9.97 Å². The Morgan fingerprint density at radius 1 is 1.06 bits per heavy atom. The number of benzene rings is 2. The van der Waals surface area contributed by atoms with Crippen LogP contribution in [0.5, 0.6) is 0 Å². The first-order chi connectivity index (χ1) is 23.1. The second-order valence-corrected chi connectivity index (χ2v) is 10.6. The molecule has 6 rings (SSSR count). The van der Waals surface area contributed by atoms with Crippen molar-refractivity contribution >= 4 is 34.4 Å². The van der Waals surface area contributed by atoms with E-state index in [1.54, 1.807) is 29.2 Å². The van der Waals surface area contributed by atoms with Crippen molar-refractivity contribution in [1.82, 2.24) is 24.8 Å². The van der Waals surface area contributed by atoms with Gasteiger partial charge in [0.25, 0.3) is 5.91 Å². The van der Waals surface area contributed by atoms with Gasteiger partial charge in [0.05, 0.1) is 30.7 Å².